The molecule has 4 N–H and O–H groups in total. The molecule has 0 aliphatic heterocycles. The van der Waals surface area contributed by atoms with Crippen molar-refractivity contribution in [2.75, 3.05) is 10.7 Å². The van der Waals surface area contributed by atoms with Gasteiger partial charge in [0.05, 0.1) is 11.7 Å². The molecule has 1 unspecified atom stereocenters. The average molecular weight is 276 g/mol. The van der Waals surface area contributed by atoms with E-state index in [0.29, 0.717) is 5.82 Å². The van der Waals surface area contributed by atoms with Crippen LogP contribution in [-0.2, 0) is 6.42 Å². The lowest BCUT2D eigenvalue weighted by Gasteiger charge is -2.15. The van der Waals surface area contributed by atoms with Crippen LogP contribution < -0.4 is 16.6 Å². The van der Waals surface area contributed by atoms with Gasteiger partial charge in [-0.15, -0.1) is 0 Å². The Morgan fingerprint density at radius 3 is 2.55 bits per heavy atom. The minimum Gasteiger partial charge on any atom is -0.363 e. The van der Waals surface area contributed by atoms with Gasteiger partial charge in [-0.2, -0.15) is 0 Å². The molecule has 2 aromatic rings. The molecule has 1 atom stereocenters. The van der Waals surface area contributed by atoms with Crippen molar-refractivity contribution in [3.8, 4) is 0 Å². The smallest absolute Gasteiger partial charge is 0.145 e. The molecule has 108 valence electrons. The first kappa shape index (κ1) is 14.3. The molecule has 0 aliphatic carbocycles. The predicted molar refractivity (Wildman–Crippen MR) is 77.2 cm³/mol. The molecule has 2 aromatic heterocycles. The lowest BCUT2D eigenvalue weighted by atomic mass is 10.1. The number of nitrogens with zero attached hydrogens (tertiary/aromatic N) is 3. The Hall–Kier alpha value is -2.15. The largest absolute Gasteiger partial charge is 0.363 e. The summed E-state index contributed by atoms with van der Waals surface area (Å²) in [5, 5.41) is 7.29. The molecule has 7 heteroatoms. The zero-order chi connectivity index (χ0) is 14.7. The number of nitrogen functional groups attached to an aromatic ring is 1. The van der Waals surface area contributed by atoms with Gasteiger partial charge in [-0.3, -0.25) is 0 Å². The van der Waals surface area contributed by atoms with Gasteiger partial charge in [-0.25, -0.2) is 15.8 Å². The number of nitrogens with one attached hydrogen (secondary N) is 2. The van der Waals surface area contributed by atoms with Crippen molar-refractivity contribution in [1.29, 1.82) is 0 Å². The summed E-state index contributed by atoms with van der Waals surface area (Å²) in [5.41, 5.74) is 4.48. The molecule has 0 aliphatic rings. The highest BCUT2D eigenvalue weighted by molar-refractivity contribution is 5.48. The normalized spacial score (nSPS) is 12.2. The topological polar surface area (TPSA) is 102 Å². The van der Waals surface area contributed by atoms with Crippen LogP contribution in [0.4, 0.5) is 11.6 Å². The molecule has 0 aromatic carbocycles. The summed E-state index contributed by atoms with van der Waals surface area (Å²) in [4.78, 5) is 8.70. The van der Waals surface area contributed by atoms with E-state index in [4.69, 9.17) is 10.4 Å². The van der Waals surface area contributed by atoms with Crippen molar-refractivity contribution in [1.82, 2.24) is 15.1 Å². The second-order valence-electron chi connectivity index (χ2n) is 4.66. The summed E-state index contributed by atoms with van der Waals surface area (Å²) in [7, 11) is 0. The zero-order valence-electron chi connectivity index (χ0n) is 12.2. The van der Waals surface area contributed by atoms with Crippen LogP contribution in [0.15, 0.2) is 10.6 Å². The third kappa shape index (κ3) is 2.88. The second-order valence-corrected chi connectivity index (χ2v) is 4.66. The number of anilines is 2. The molecular formula is C13H20N6O. The maximum absolute atomic E-state index is 5.42. The Morgan fingerprint density at radius 1 is 1.30 bits per heavy atom. The Labute approximate surface area is 117 Å². The van der Waals surface area contributed by atoms with E-state index in [1.807, 2.05) is 27.7 Å². The fraction of sp³-hybridized carbons (Fsp3) is 0.462. The minimum atomic E-state index is 0.0338. The number of aromatic nitrogens is 3. The van der Waals surface area contributed by atoms with E-state index in [1.54, 1.807) is 6.07 Å². The van der Waals surface area contributed by atoms with Crippen LogP contribution in [-0.4, -0.2) is 15.1 Å². The molecular weight excluding hydrogens is 256 g/mol. The first-order chi connectivity index (χ1) is 9.55. The molecule has 2 rings (SSSR count). The van der Waals surface area contributed by atoms with Gasteiger partial charge in [0.2, 0.25) is 0 Å². The molecule has 0 amide bonds. The van der Waals surface area contributed by atoms with Crippen molar-refractivity contribution in [2.24, 2.45) is 5.84 Å². The molecule has 0 fully saturated rings. The number of aryl methyl sites for hydroxylation is 3. The predicted octanol–water partition coefficient (Wildman–Crippen LogP) is 2.10. The van der Waals surface area contributed by atoms with Crippen LogP contribution in [0.2, 0.25) is 0 Å². The maximum Gasteiger partial charge on any atom is 0.145 e. The van der Waals surface area contributed by atoms with E-state index < -0.39 is 0 Å². The SMILES string of the molecule is CCc1nc(NN)cc(NC(C)c2c(C)noc2C)n1. The van der Waals surface area contributed by atoms with E-state index in [-0.39, 0.29) is 6.04 Å². The lowest BCUT2D eigenvalue weighted by molar-refractivity contribution is 0.392. The molecule has 7 nitrogen and oxygen atoms in total. The Balaban J connectivity index is 2.25. The standard InChI is InChI=1S/C13H20N6O/c1-5-10-16-11(6-12(17-10)18-14)15-7(2)13-8(3)19-20-9(13)4/h6-7H,5,14H2,1-4H3,(H2,15,16,17,18). The molecule has 0 bridgehead atoms. The third-order valence-electron chi connectivity index (χ3n) is 3.12. The van der Waals surface area contributed by atoms with Gasteiger partial charge < -0.3 is 15.3 Å². The van der Waals surface area contributed by atoms with Crippen molar-refractivity contribution in [3.63, 3.8) is 0 Å². The summed E-state index contributed by atoms with van der Waals surface area (Å²) in [6.45, 7) is 7.86. The van der Waals surface area contributed by atoms with Crippen molar-refractivity contribution >= 4 is 11.6 Å². The van der Waals surface area contributed by atoms with Gasteiger partial charge in [0.15, 0.2) is 0 Å². The minimum absolute atomic E-state index is 0.0338. The number of rotatable bonds is 5. The highest BCUT2D eigenvalue weighted by atomic mass is 16.5. The van der Waals surface area contributed by atoms with Crippen LogP contribution in [0.25, 0.3) is 0 Å². The fourth-order valence-electron chi connectivity index (χ4n) is 2.21. The van der Waals surface area contributed by atoms with E-state index in [2.05, 4.69) is 25.9 Å². The van der Waals surface area contributed by atoms with Gasteiger partial charge in [-0.1, -0.05) is 12.1 Å². The van der Waals surface area contributed by atoms with Crippen LogP contribution >= 0.6 is 0 Å². The number of hydrazine groups is 1. The average Bonchev–Trinajstić information content (AvgIpc) is 2.77. The van der Waals surface area contributed by atoms with Gasteiger partial charge in [0, 0.05) is 18.1 Å². The maximum atomic E-state index is 5.42. The summed E-state index contributed by atoms with van der Waals surface area (Å²) in [5.74, 6) is 8.27. The van der Waals surface area contributed by atoms with E-state index >= 15 is 0 Å². The molecule has 0 saturated heterocycles. The summed E-state index contributed by atoms with van der Waals surface area (Å²) < 4.78 is 5.19. The van der Waals surface area contributed by atoms with Crippen LogP contribution in [0, 0.1) is 13.8 Å². The molecule has 0 saturated carbocycles. The Kier molecular flexibility index (Phi) is 4.19. The molecule has 0 spiro atoms. The molecule has 20 heavy (non-hydrogen) atoms. The van der Waals surface area contributed by atoms with Crippen molar-refractivity contribution in [2.45, 2.75) is 40.2 Å². The third-order valence-corrected chi connectivity index (χ3v) is 3.12. The molecule has 2 heterocycles. The van der Waals surface area contributed by atoms with Gasteiger partial charge in [0.1, 0.15) is 23.2 Å². The van der Waals surface area contributed by atoms with E-state index in [9.17, 15) is 0 Å². The van der Waals surface area contributed by atoms with Crippen molar-refractivity contribution in [3.05, 3.63) is 28.9 Å². The van der Waals surface area contributed by atoms with Gasteiger partial charge in [0.25, 0.3) is 0 Å². The summed E-state index contributed by atoms with van der Waals surface area (Å²) in [6, 6.07) is 1.81. The quantitative estimate of drug-likeness (QED) is 0.567. The Morgan fingerprint density at radius 2 is 2.00 bits per heavy atom. The van der Waals surface area contributed by atoms with Gasteiger partial charge in [-0.05, 0) is 20.8 Å². The van der Waals surface area contributed by atoms with Crippen LogP contribution in [0.1, 0.15) is 42.7 Å². The number of nitrogens with two attached hydrogens (primary N) is 1. The highest BCUT2D eigenvalue weighted by Gasteiger charge is 2.17. The molecule has 0 radical (unpaired) electrons. The van der Waals surface area contributed by atoms with Gasteiger partial charge >= 0.3 is 0 Å². The zero-order valence-corrected chi connectivity index (χ0v) is 12.2. The lowest BCUT2D eigenvalue weighted by Crippen LogP contribution is -2.14. The van der Waals surface area contributed by atoms with Crippen LogP contribution in [0.3, 0.4) is 0 Å². The number of hydrogen-bond acceptors (Lipinski definition) is 7. The first-order valence-corrected chi connectivity index (χ1v) is 6.59. The first-order valence-electron chi connectivity index (χ1n) is 6.59. The summed E-state index contributed by atoms with van der Waals surface area (Å²) >= 11 is 0. The van der Waals surface area contributed by atoms with Crippen LogP contribution in [0.5, 0.6) is 0 Å². The second kappa shape index (κ2) is 5.87. The fourth-order valence-corrected chi connectivity index (χ4v) is 2.21. The summed E-state index contributed by atoms with van der Waals surface area (Å²) in [6.07, 6.45) is 0.740. The monoisotopic (exact) mass is 276 g/mol. The van der Waals surface area contributed by atoms with E-state index in [0.717, 1.165) is 35.1 Å². The Bertz CT molecular complexity index is 553. The highest BCUT2D eigenvalue weighted by Crippen LogP contribution is 2.24. The van der Waals surface area contributed by atoms with E-state index in [1.165, 1.54) is 0 Å². The van der Waals surface area contributed by atoms with Crippen molar-refractivity contribution < 1.29 is 4.52 Å². The number of hydrogen-bond donors (Lipinski definition) is 3.